The average molecular weight is 287 g/mol. The van der Waals surface area contributed by atoms with Gasteiger partial charge in [0.1, 0.15) is 0 Å². The Kier molecular flexibility index (Phi) is 4.62. The summed E-state index contributed by atoms with van der Waals surface area (Å²) in [5.41, 5.74) is 1.37. The van der Waals surface area contributed by atoms with Gasteiger partial charge in [-0.05, 0) is 18.4 Å². The van der Waals surface area contributed by atoms with E-state index in [0.717, 1.165) is 32.5 Å². The molecule has 2 aromatic rings. The zero-order valence-corrected chi connectivity index (χ0v) is 12.4. The number of aryl methyl sites for hydroxylation is 2. The lowest BCUT2D eigenvalue weighted by Crippen LogP contribution is -2.42. The monoisotopic (exact) mass is 287 g/mol. The molecule has 1 saturated heterocycles. The van der Waals surface area contributed by atoms with E-state index in [1.54, 1.807) is 0 Å². The molecular weight excluding hydrogens is 266 g/mol. The topological polar surface area (TPSA) is 51.4 Å². The van der Waals surface area contributed by atoms with E-state index in [1.807, 2.05) is 6.92 Å². The Hall–Kier alpha value is -1.72. The lowest BCUT2D eigenvalue weighted by molar-refractivity contribution is -0.0367. The standard InChI is InChI=1S/C16H21N3O2/c1-13-17-18-16(21-13)12-19-9-10-20-15(11-19)8-7-14-5-3-2-4-6-14/h2-6,15H,7-12H2,1H3/t15-/m1/s1. The summed E-state index contributed by atoms with van der Waals surface area (Å²) in [6.45, 7) is 5.15. The van der Waals surface area contributed by atoms with Gasteiger partial charge in [0.15, 0.2) is 0 Å². The first kappa shape index (κ1) is 14.2. The SMILES string of the molecule is Cc1nnc(CN2CCO[C@H](CCc3ccccc3)C2)o1. The molecule has 1 aliphatic heterocycles. The normalized spacial score (nSPS) is 19.8. The van der Waals surface area contributed by atoms with Gasteiger partial charge < -0.3 is 9.15 Å². The van der Waals surface area contributed by atoms with Crippen molar-refractivity contribution in [1.29, 1.82) is 0 Å². The van der Waals surface area contributed by atoms with E-state index in [-0.39, 0.29) is 6.10 Å². The molecule has 21 heavy (non-hydrogen) atoms. The lowest BCUT2D eigenvalue weighted by Gasteiger charge is -2.32. The van der Waals surface area contributed by atoms with Crippen LogP contribution >= 0.6 is 0 Å². The Morgan fingerprint density at radius 3 is 2.86 bits per heavy atom. The Labute approximate surface area is 124 Å². The quantitative estimate of drug-likeness (QED) is 0.844. The van der Waals surface area contributed by atoms with Crippen LogP contribution in [0.4, 0.5) is 0 Å². The largest absolute Gasteiger partial charge is 0.424 e. The Morgan fingerprint density at radius 1 is 1.24 bits per heavy atom. The van der Waals surface area contributed by atoms with E-state index in [9.17, 15) is 0 Å². The molecule has 112 valence electrons. The third-order valence-electron chi connectivity index (χ3n) is 3.75. The van der Waals surface area contributed by atoms with Crippen LogP contribution in [-0.2, 0) is 17.7 Å². The number of nitrogens with zero attached hydrogens (tertiary/aromatic N) is 3. The van der Waals surface area contributed by atoms with Crippen molar-refractivity contribution in [1.82, 2.24) is 15.1 Å². The summed E-state index contributed by atoms with van der Waals surface area (Å²) < 4.78 is 11.3. The molecular formula is C16H21N3O2. The van der Waals surface area contributed by atoms with Crippen molar-refractivity contribution in [3.05, 3.63) is 47.7 Å². The first-order chi connectivity index (χ1) is 10.3. The van der Waals surface area contributed by atoms with Crippen LogP contribution < -0.4 is 0 Å². The number of hydrogen-bond acceptors (Lipinski definition) is 5. The third-order valence-corrected chi connectivity index (χ3v) is 3.75. The smallest absolute Gasteiger partial charge is 0.230 e. The molecule has 0 amide bonds. The summed E-state index contributed by atoms with van der Waals surface area (Å²) in [4.78, 5) is 2.33. The second-order valence-corrected chi connectivity index (χ2v) is 5.47. The van der Waals surface area contributed by atoms with Gasteiger partial charge in [-0.3, -0.25) is 4.90 Å². The lowest BCUT2D eigenvalue weighted by atomic mass is 10.1. The molecule has 5 heteroatoms. The predicted molar refractivity (Wildman–Crippen MR) is 78.8 cm³/mol. The van der Waals surface area contributed by atoms with Crippen LogP contribution in [0.1, 0.15) is 23.8 Å². The Morgan fingerprint density at radius 2 is 2.10 bits per heavy atom. The Bertz CT molecular complexity index is 556. The van der Waals surface area contributed by atoms with Crippen LogP contribution in [-0.4, -0.2) is 40.9 Å². The van der Waals surface area contributed by atoms with E-state index >= 15 is 0 Å². The maximum atomic E-state index is 5.86. The molecule has 0 saturated carbocycles. The molecule has 0 bridgehead atoms. The average Bonchev–Trinajstić information content (AvgIpc) is 2.92. The maximum Gasteiger partial charge on any atom is 0.230 e. The first-order valence-corrected chi connectivity index (χ1v) is 7.46. The highest BCUT2D eigenvalue weighted by atomic mass is 16.5. The molecule has 1 atom stereocenters. The fraction of sp³-hybridized carbons (Fsp3) is 0.500. The molecule has 1 aromatic heterocycles. The molecule has 0 N–H and O–H groups in total. The number of hydrogen-bond donors (Lipinski definition) is 0. The molecule has 0 aliphatic carbocycles. The predicted octanol–water partition coefficient (Wildman–Crippen LogP) is 2.21. The van der Waals surface area contributed by atoms with Gasteiger partial charge in [0.05, 0.1) is 19.3 Å². The molecule has 0 radical (unpaired) electrons. The minimum Gasteiger partial charge on any atom is -0.424 e. The maximum absolute atomic E-state index is 5.86. The van der Waals surface area contributed by atoms with E-state index in [0.29, 0.717) is 18.3 Å². The first-order valence-electron chi connectivity index (χ1n) is 7.46. The molecule has 1 aliphatic rings. The molecule has 3 rings (SSSR count). The van der Waals surface area contributed by atoms with Crippen LogP contribution in [0, 0.1) is 6.92 Å². The minimum atomic E-state index is 0.281. The van der Waals surface area contributed by atoms with Gasteiger partial charge >= 0.3 is 0 Å². The van der Waals surface area contributed by atoms with Crippen molar-refractivity contribution < 1.29 is 9.15 Å². The number of rotatable bonds is 5. The third kappa shape index (κ3) is 4.12. The molecule has 5 nitrogen and oxygen atoms in total. The van der Waals surface area contributed by atoms with Gasteiger partial charge in [0.25, 0.3) is 0 Å². The highest BCUT2D eigenvalue weighted by Gasteiger charge is 2.21. The summed E-state index contributed by atoms with van der Waals surface area (Å²) in [7, 11) is 0. The van der Waals surface area contributed by atoms with Crippen LogP contribution in [0.25, 0.3) is 0 Å². The van der Waals surface area contributed by atoms with Crippen LogP contribution in [0.2, 0.25) is 0 Å². The van der Waals surface area contributed by atoms with Gasteiger partial charge in [-0.1, -0.05) is 30.3 Å². The highest BCUT2D eigenvalue weighted by Crippen LogP contribution is 2.14. The van der Waals surface area contributed by atoms with Crippen molar-refractivity contribution >= 4 is 0 Å². The fourth-order valence-electron chi connectivity index (χ4n) is 2.66. The molecule has 1 aromatic carbocycles. The number of benzene rings is 1. The van der Waals surface area contributed by atoms with Crippen molar-refractivity contribution in [3.8, 4) is 0 Å². The zero-order valence-electron chi connectivity index (χ0n) is 12.4. The van der Waals surface area contributed by atoms with E-state index < -0.39 is 0 Å². The summed E-state index contributed by atoms with van der Waals surface area (Å²) in [6.07, 6.45) is 2.38. The second-order valence-electron chi connectivity index (χ2n) is 5.47. The molecule has 0 unspecified atom stereocenters. The molecule has 1 fully saturated rings. The highest BCUT2D eigenvalue weighted by molar-refractivity contribution is 5.14. The summed E-state index contributed by atoms with van der Waals surface area (Å²) >= 11 is 0. The van der Waals surface area contributed by atoms with Gasteiger partial charge in [-0.15, -0.1) is 10.2 Å². The van der Waals surface area contributed by atoms with Crippen molar-refractivity contribution in [2.24, 2.45) is 0 Å². The Balaban J connectivity index is 1.49. The van der Waals surface area contributed by atoms with Gasteiger partial charge in [0, 0.05) is 20.0 Å². The van der Waals surface area contributed by atoms with Crippen LogP contribution in [0.15, 0.2) is 34.7 Å². The van der Waals surface area contributed by atoms with E-state index in [1.165, 1.54) is 5.56 Å². The summed E-state index contributed by atoms with van der Waals surface area (Å²) in [5, 5.41) is 7.93. The zero-order chi connectivity index (χ0) is 14.5. The van der Waals surface area contributed by atoms with Crippen molar-refractivity contribution in [3.63, 3.8) is 0 Å². The number of aromatic nitrogens is 2. The van der Waals surface area contributed by atoms with E-state index in [4.69, 9.17) is 9.15 Å². The van der Waals surface area contributed by atoms with Crippen molar-refractivity contribution in [2.75, 3.05) is 19.7 Å². The van der Waals surface area contributed by atoms with Crippen molar-refractivity contribution in [2.45, 2.75) is 32.4 Å². The fourth-order valence-corrected chi connectivity index (χ4v) is 2.66. The number of ether oxygens (including phenoxy) is 1. The second kappa shape index (κ2) is 6.83. The van der Waals surface area contributed by atoms with E-state index in [2.05, 4.69) is 45.4 Å². The van der Waals surface area contributed by atoms with Gasteiger partial charge in [-0.25, -0.2) is 0 Å². The molecule has 0 spiro atoms. The summed E-state index contributed by atoms with van der Waals surface area (Å²) in [5.74, 6) is 1.31. The van der Waals surface area contributed by atoms with Gasteiger partial charge in [0.2, 0.25) is 11.8 Å². The van der Waals surface area contributed by atoms with Crippen LogP contribution in [0.3, 0.4) is 0 Å². The summed E-state index contributed by atoms with van der Waals surface area (Å²) in [6, 6.07) is 10.6. The van der Waals surface area contributed by atoms with Gasteiger partial charge in [-0.2, -0.15) is 0 Å². The van der Waals surface area contributed by atoms with Crippen LogP contribution in [0.5, 0.6) is 0 Å². The minimum absolute atomic E-state index is 0.281. The molecule has 2 heterocycles. The number of morpholine rings is 1.